The molecule has 1 aliphatic rings. The molecular weight excluding hydrogens is 180 g/mol. The van der Waals surface area contributed by atoms with Gasteiger partial charge in [-0.2, -0.15) is 0 Å². The Morgan fingerprint density at radius 3 is 2.07 bits per heavy atom. The molecule has 0 saturated carbocycles. The molecule has 1 aliphatic carbocycles. The molecule has 0 nitrogen and oxygen atoms in total. The highest BCUT2D eigenvalue weighted by Gasteiger charge is 2.13. The second kappa shape index (κ2) is 4.79. The van der Waals surface area contributed by atoms with Crippen molar-refractivity contribution in [3.05, 3.63) is 72.4 Å². The highest BCUT2D eigenvalue weighted by atomic mass is 14.2. The van der Waals surface area contributed by atoms with Crippen molar-refractivity contribution >= 4 is 0 Å². The number of hydrogen-bond acceptors (Lipinski definition) is 0. The maximum atomic E-state index is 2.28. The van der Waals surface area contributed by atoms with Crippen molar-refractivity contribution in [2.24, 2.45) is 5.92 Å². The minimum atomic E-state index is 0.502. The Bertz CT molecular complexity index is 366. The third-order valence-electron chi connectivity index (χ3n) is 2.90. The van der Waals surface area contributed by atoms with E-state index in [4.69, 9.17) is 0 Å². The SMILES string of the molecule is C[C@H](c1ccccc1)C1C=CC=CC=C1. The topological polar surface area (TPSA) is 0 Å². The van der Waals surface area contributed by atoms with Crippen molar-refractivity contribution < 1.29 is 0 Å². The highest BCUT2D eigenvalue weighted by Crippen LogP contribution is 2.27. The predicted molar refractivity (Wildman–Crippen MR) is 65.8 cm³/mol. The molecule has 0 heteroatoms. The summed E-state index contributed by atoms with van der Waals surface area (Å²) in [6.45, 7) is 2.28. The molecule has 1 aromatic carbocycles. The monoisotopic (exact) mass is 196 g/mol. The molecule has 0 aromatic heterocycles. The standard InChI is InChI=1S/C15H16/c1-13(15-11-7-4-8-12-15)14-9-5-2-3-6-10-14/h2-14H,1H3/t13-/m0/s1. The van der Waals surface area contributed by atoms with Crippen LogP contribution in [0.25, 0.3) is 0 Å². The van der Waals surface area contributed by atoms with Crippen molar-refractivity contribution in [2.45, 2.75) is 12.8 Å². The predicted octanol–water partition coefficient (Wildman–Crippen LogP) is 4.09. The molecule has 0 aliphatic heterocycles. The van der Waals surface area contributed by atoms with E-state index in [9.17, 15) is 0 Å². The molecule has 1 atom stereocenters. The first kappa shape index (κ1) is 9.97. The first-order chi connectivity index (χ1) is 7.38. The molecule has 76 valence electrons. The summed E-state index contributed by atoms with van der Waals surface area (Å²) in [5, 5.41) is 0. The Morgan fingerprint density at radius 2 is 1.47 bits per heavy atom. The summed E-state index contributed by atoms with van der Waals surface area (Å²) in [4.78, 5) is 0. The van der Waals surface area contributed by atoms with Gasteiger partial charge in [0.15, 0.2) is 0 Å². The summed E-state index contributed by atoms with van der Waals surface area (Å²) < 4.78 is 0. The smallest absolute Gasteiger partial charge is 0.00189 e. The van der Waals surface area contributed by atoms with E-state index in [0.717, 1.165) is 0 Å². The third kappa shape index (κ3) is 2.47. The van der Waals surface area contributed by atoms with Gasteiger partial charge in [-0.25, -0.2) is 0 Å². The second-order valence-electron chi connectivity index (χ2n) is 3.93. The van der Waals surface area contributed by atoms with Gasteiger partial charge < -0.3 is 0 Å². The van der Waals surface area contributed by atoms with Gasteiger partial charge in [-0.15, -0.1) is 0 Å². The first-order valence-corrected chi connectivity index (χ1v) is 5.44. The van der Waals surface area contributed by atoms with Crippen LogP contribution in [-0.4, -0.2) is 0 Å². The summed E-state index contributed by atoms with van der Waals surface area (Å²) >= 11 is 0. The van der Waals surface area contributed by atoms with Crippen molar-refractivity contribution in [3.63, 3.8) is 0 Å². The molecule has 0 saturated heterocycles. The zero-order chi connectivity index (χ0) is 10.5. The molecule has 15 heavy (non-hydrogen) atoms. The molecule has 0 fully saturated rings. The first-order valence-electron chi connectivity index (χ1n) is 5.44. The van der Waals surface area contributed by atoms with Gasteiger partial charge >= 0.3 is 0 Å². The molecule has 0 radical (unpaired) electrons. The van der Waals surface area contributed by atoms with Crippen LogP contribution in [0.4, 0.5) is 0 Å². The van der Waals surface area contributed by atoms with E-state index in [1.807, 2.05) is 0 Å². The number of hydrogen-bond donors (Lipinski definition) is 0. The van der Waals surface area contributed by atoms with Crippen molar-refractivity contribution in [1.29, 1.82) is 0 Å². The Balaban J connectivity index is 2.18. The minimum absolute atomic E-state index is 0.502. The summed E-state index contributed by atoms with van der Waals surface area (Å²) in [6.07, 6.45) is 12.9. The largest absolute Gasteiger partial charge is 0.0770 e. The van der Waals surface area contributed by atoms with Gasteiger partial charge in [0.05, 0.1) is 0 Å². The van der Waals surface area contributed by atoms with Crippen LogP contribution in [0.1, 0.15) is 18.4 Å². The van der Waals surface area contributed by atoms with Crippen LogP contribution in [0, 0.1) is 5.92 Å². The molecular formula is C15H16. The van der Waals surface area contributed by atoms with Crippen LogP contribution in [0.2, 0.25) is 0 Å². The zero-order valence-corrected chi connectivity index (χ0v) is 9.01. The average Bonchev–Trinajstić information content (AvgIpc) is 2.58. The minimum Gasteiger partial charge on any atom is -0.0770 e. The fourth-order valence-electron chi connectivity index (χ4n) is 1.89. The van der Waals surface area contributed by atoms with Gasteiger partial charge in [-0.3, -0.25) is 0 Å². The van der Waals surface area contributed by atoms with E-state index in [0.29, 0.717) is 11.8 Å². The fraction of sp³-hybridized carbons (Fsp3) is 0.200. The maximum Gasteiger partial charge on any atom is 0.00189 e. The molecule has 1 aromatic rings. The van der Waals surface area contributed by atoms with Gasteiger partial charge in [-0.1, -0.05) is 73.7 Å². The van der Waals surface area contributed by atoms with E-state index in [-0.39, 0.29) is 0 Å². The van der Waals surface area contributed by atoms with Crippen molar-refractivity contribution in [3.8, 4) is 0 Å². The molecule has 0 amide bonds. The lowest BCUT2D eigenvalue weighted by atomic mass is 9.87. The van der Waals surface area contributed by atoms with Crippen LogP contribution >= 0.6 is 0 Å². The Labute approximate surface area is 91.6 Å². The van der Waals surface area contributed by atoms with Gasteiger partial charge in [-0.05, 0) is 11.5 Å². The van der Waals surface area contributed by atoms with Gasteiger partial charge in [0.25, 0.3) is 0 Å². The summed E-state index contributed by atoms with van der Waals surface area (Å²) in [6, 6.07) is 10.7. The van der Waals surface area contributed by atoms with E-state index >= 15 is 0 Å². The lowest BCUT2D eigenvalue weighted by Gasteiger charge is -2.17. The molecule has 0 spiro atoms. The van der Waals surface area contributed by atoms with E-state index in [1.54, 1.807) is 0 Å². The molecule has 2 rings (SSSR count). The van der Waals surface area contributed by atoms with Gasteiger partial charge in [0, 0.05) is 5.92 Å². The lowest BCUT2D eigenvalue weighted by molar-refractivity contribution is 0.648. The van der Waals surface area contributed by atoms with Crippen LogP contribution in [0.3, 0.4) is 0 Å². The molecule has 0 bridgehead atoms. The van der Waals surface area contributed by atoms with Crippen LogP contribution in [0.15, 0.2) is 66.8 Å². The maximum absolute atomic E-state index is 2.28. The fourth-order valence-corrected chi connectivity index (χ4v) is 1.89. The Kier molecular flexibility index (Phi) is 3.18. The van der Waals surface area contributed by atoms with E-state index < -0.39 is 0 Å². The summed E-state index contributed by atoms with van der Waals surface area (Å²) in [5.41, 5.74) is 1.40. The van der Waals surface area contributed by atoms with Crippen molar-refractivity contribution in [1.82, 2.24) is 0 Å². The van der Waals surface area contributed by atoms with E-state index in [1.165, 1.54) is 5.56 Å². The Hall–Kier alpha value is -1.56. The second-order valence-corrected chi connectivity index (χ2v) is 3.93. The lowest BCUT2D eigenvalue weighted by Crippen LogP contribution is -2.04. The summed E-state index contributed by atoms with van der Waals surface area (Å²) in [5.74, 6) is 1.04. The van der Waals surface area contributed by atoms with Gasteiger partial charge in [0.1, 0.15) is 0 Å². The van der Waals surface area contributed by atoms with Crippen LogP contribution in [0.5, 0.6) is 0 Å². The van der Waals surface area contributed by atoms with Gasteiger partial charge in [0.2, 0.25) is 0 Å². The molecule has 0 unspecified atom stereocenters. The average molecular weight is 196 g/mol. The zero-order valence-electron chi connectivity index (χ0n) is 9.01. The normalized spacial score (nSPS) is 17.7. The Morgan fingerprint density at radius 1 is 0.867 bits per heavy atom. The van der Waals surface area contributed by atoms with Crippen LogP contribution in [-0.2, 0) is 0 Å². The molecule has 0 N–H and O–H groups in total. The number of allylic oxidation sites excluding steroid dienone is 6. The third-order valence-corrected chi connectivity index (χ3v) is 2.90. The van der Waals surface area contributed by atoms with Crippen molar-refractivity contribution in [2.75, 3.05) is 0 Å². The number of rotatable bonds is 2. The number of benzene rings is 1. The highest BCUT2D eigenvalue weighted by molar-refractivity contribution is 5.27. The quantitative estimate of drug-likeness (QED) is 0.668. The van der Waals surface area contributed by atoms with E-state index in [2.05, 4.69) is 73.7 Å². The molecule has 0 heterocycles. The summed E-state index contributed by atoms with van der Waals surface area (Å²) in [7, 11) is 0. The van der Waals surface area contributed by atoms with Crippen LogP contribution < -0.4 is 0 Å².